The minimum atomic E-state index is 0.675. The van der Waals surface area contributed by atoms with E-state index in [2.05, 4.69) is 53.8 Å². The van der Waals surface area contributed by atoms with Gasteiger partial charge in [0.25, 0.3) is 0 Å². The monoisotopic (exact) mass is 239 g/mol. The fraction of sp³-hybridized carbons (Fsp3) is 0.571. The summed E-state index contributed by atoms with van der Waals surface area (Å²) < 4.78 is 0. The zero-order valence-corrected chi connectivity index (χ0v) is 11.1. The highest BCUT2D eigenvalue weighted by atomic mass is 35.5. The Labute approximate surface area is 104 Å². The topological polar surface area (TPSA) is 3.24 Å². The van der Waals surface area contributed by atoms with Gasteiger partial charge in [0.15, 0.2) is 0 Å². The van der Waals surface area contributed by atoms with Crippen LogP contribution in [0.2, 0.25) is 0 Å². The number of likely N-dealkylation sites (tertiary alicyclic amines) is 1. The van der Waals surface area contributed by atoms with Gasteiger partial charge < -0.3 is 4.90 Å². The molecule has 1 fully saturated rings. The lowest BCUT2D eigenvalue weighted by Crippen LogP contribution is -2.24. The minimum Gasteiger partial charge on any atom is -0.303 e. The van der Waals surface area contributed by atoms with Gasteiger partial charge in [0.1, 0.15) is 0 Å². The molecule has 0 radical (unpaired) electrons. The van der Waals surface area contributed by atoms with Gasteiger partial charge >= 0.3 is 0 Å². The van der Waals surface area contributed by atoms with Crippen molar-refractivity contribution in [2.45, 2.75) is 25.7 Å². The van der Waals surface area contributed by atoms with E-state index in [1.807, 2.05) is 0 Å². The second-order valence-electron chi connectivity index (χ2n) is 4.32. The van der Waals surface area contributed by atoms with Gasteiger partial charge in [-0.1, -0.05) is 37.3 Å². The molecule has 16 heavy (non-hydrogen) atoms. The Morgan fingerprint density at radius 1 is 1.12 bits per heavy atom. The Kier molecular flexibility index (Phi) is 6.51. The van der Waals surface area contributed by atoms with Crippen LogP contribution in [0.4, 0.5) is 0 Å². The lowest BCUT2D eigenvalue weighted by Gasteiger charge is -2.20. The van der Waals surface area contributed by atoms with Gasteiger partial charge in [0, 0.05) is 12.9 Å². The molecule has 0 bridgehead atoms. The molecule has 0 amide bonds. The van der Waals surface area contributed by atoms with Crippen LogP contribution in [-0.4, -0.2) is 30.9 Å². The van der Waals surface area contributed by atoms with Crippen molar-refractivity contribution in [2.24, 2.45) is 0 Å². The lowest BCUT2D eigenvalue weighted by molar-refractivity contribution is 0.321. The summed E-state index contributed by atoms with van der Waals surface area (Å²) in [5.74, 6) is 0.675. The predicted octanol–water partition coefficient (Wildman–Crippen LogP) is 3.74. The maximum Gasteiger partial charge on any atom is 0.0108 e. The third kappa shape index (κ3) is 4.15. The van der Waals surface area contributed by atoms with Gasteiger partial charge in [-0.15, -0.1) is 11.6 Å². The molecule has 1 aliphatic heterocycles. The number of halogens is 1. The summed E-state index contributed by atoms with van der Waals surface area (Å²) in [7, 11) is 0. The van der Waals surface area contributed by atoms with Crippen molar-refractivity contribution in [3.05, 3.63) is 35.9 Å². The number of hydrogen-bond donors (Lipinski definition) is 0. The van der Waals surface area contributed by atoms with Gasteiger partial charge in [-0.25, -0.2) is 0 Å². The van der Waals surface area contributed by atoms with Crippen LogP contribution < -0.4 is 0 Å². The molecule has 1 unspecified atom stereocenters. The van der Waals surface area contributed by atoms with Gasteiger partial charge in [-0.05, 0) is 37.4 Å². The summed E-state index contributed by atoms with van der Waals surface area (Å²) in [6, 6.07) is 10.8. The van der Waals surface area contributed by atoms with Crippen LogP contribution in [0.25, 0.3) is 0 Å². The second-order valence-corrected chi connectivity index (χ2v) is 4.32. The van der Waals surface area contributed by atoms with E-state index >= 15 is 0 Å². The molecule has 1 aromatic rings. The first-order valence-corrected chi connectivity index (χ1v) is 6.77. The van der Waals surface area contributed by atoms with Crippen LogP contribution in [-0.2, 0) is 0 Å². The quantitative estimate of drug-likeness (QED) is 0.727. The molecule has 1 atom stereocenters. The Morgan fingerprint density at radius 2 is 1.69 bits per heavy atom. The first-order chi connectivity index (χ1) is 7.86. The number of alkyl halides is 1. The van der Waals surface area contributed by atoms with Crippen molar-refractivity contribution in [2.75, 3.05) is 26.0 Å². The summed E-state index contributed by atoms with van der Waals surface area (Å²) in [4.78, 5) is 2.58. The second kappa shape index (κ2) is 7.70. The molecule has 0 saturated carbocycles. The maximum atomic E-state index is 4.64. The number of rotatable bonds is 3. The summed E-state index contributed by atoms with van der Waals surface area (Å²) in [5, 5.41) is 0. The molecule has 90 valence electrons. The first kappa shape index (κ1) is 13.5. The molecule has 1 saturated heterocycles. The van der Waals surface area contributed by atoms with Gasteiger partial charge in [0.05, 0.1) is 0 Å². The number of benzene rings is 1. The molecule has 0 spiro atoms. The molecule has 2 rings (SSSR count). The van der Waals surface area contributed by atoms with Crippen molar-refractivity contribution in [1.82, 2.24) is 4.90 Å². The predicted molar refractivity (Wildman–Crippen MR) is 72.3 cm³/mol. The van der Waals surface area contributed by atoms with Crippen molar-refractivity contribution in [3.63, 3.8) is 0 Å². The van der Waals surface area contributed by atoms with Gasteiger partial charge in [-0.3, -0.25) is 0 Å². The van der Waals surface area contributed by atoms with Crippen LogP contribution in [0.3, 0.4) is 0 Å². The largest absolute Gasteiger partial charge is 0.303 e. The summed E-state index contributed by atoms with van der Waals surface area (Å²) in [5.41, 5.74) is 1.47. The fourth-order valence-electron chi connectivity index (χ4n) is 2.24. The molecule has 0 N–H and O–H groups in total. The molecule has 1 aromatic carbocycles. The molecule has 1 aliphatic rings. The molecule has 1 heterocycles. The molecule has 0 aliphatic carbocycles. The van der Waals surface area contributed by atoms with E-state index < -0.39 is 0 Å². The van der Waals surface area contributed by atoms with Crippen LogP contribution in [0.1, 0.15) is 31.2 Å². The zero-order chi connectivity index (χ0) is 11.8. The van der Waals surface area contributed by atoms with E-state index in [1.165, 1.54) is 44.4 Å². The lowest BCUT2D eigenvalue weighted by atomic mass is 10.0. The van der Waals surface area contributed by atoms with E-state index in [4.69, 9.17) is 0 Å². The summed E-state index contributed by atoms with van der Waals surface area (Å²) >= 11 is 4.64. The average molecular weight is 240 g/mol. The smallest absolute Gasteiger partial charge is 0.0108 e. The van der Waals surface area contributed by atoms with E-state index in [0.717, 1.165) is 0 Å². The number of hydrogen-bond acceptors (Lipinski definition) is 1. The van der Waals surface area contributed by atoms with Crippen molar-refractivity contribution >= 4 is 11.6 Å². The van der Waals surface area contributed by atoms with Crippen LogP contribution in [0, 0.1) is 0 Å². The fourth-order valence-corrected chi connectivity index (χ4v) is 2.24. The van der Waals surface area contributed by atoms with E-state index in [1.54, 1.807) is 0 Å². The van der Waals surface area contributed by atoms with Crippen LogP contribution in [0.5, 0.6) is 0 Å². The third-order valence-corrected chi connectivity index (χ3v) is 3.10. The summed E-state index contributed by atoms with van der Waals surface area (Å²) in [6.07, 6.45) is 4.25. The van der Waals surface area contributed by atoms with Crippen LogP contribution in [0.15, 0.2) is 30.3 Å². The number of nitrogens with zero attached hydrogens (tertiary/aromatic N) is 1. The van der Waals surface area contributed by atoms with E-state index in [9.17, 15) is 0 Å². The van der Waals surface area contributed by atoms with Crippen molar-refractivity contribution in [3.8, 4) is 0 Å². The minimum absolute atomic E-state index is 0.675. The Hall–Kier alpha value is -0.530. The maximum absolute atomic E-state index is 4.64. The van der Waals surface area contributed by atoms with E-state index in [-0.39, 0.29) is 0 Å². The van der Waals surface area contributed by atoms with Gasteiger partial charge in [-0.2, -0.15) is 0 Å². The molecule has 2 heteroatoms. The summed E-state index contributed by atoms with van der Waals surface area (Å²) in [6.45, 7) is 6.16. The normalized spacial score (nSPS) is 17.7. The van der Waals surface area contributed by atoms with Crippen molar-refractivity contribution in [1.29, 1.82) is 0 Å². The van der Waals surface area contributed by atoms with Crippen molar-refractivity contribution < 1.29 is 0 Å². The SMILES string of the molecule is CC(CN1CCCC1)c1ccccc1.CCl. The highest BCUT2D eigenvalue weighted by Crippen LogP contribution is 2.18. The molecular formula is C14H22ClN. The molecule has 0 aromatic heterocycles. The Morgan fingerprint density at radius 3 is 2.25 bits per heavy atom. The first-order valence-electron chi connectivity index (χ1n) is 6.01. The average Bonchev–Trinajstić information content (AvgIpc) is 2.86. The van der Waals surface area contributed by atoms with E-state index in [0.29, 0.717) is 5.92 Å². The van der Waals surface area contributed by atoms with Gasteiger partial charge in [0.2, 0.25) is 0 Å². The highest BCUT2D eigenvalue weighted by Gasteiger charge is 2.15. The standard InChI is InChI=1S/C13H19N.CH3Cl/c1-12(11-14-9-5-6-10-14)13-7-3-2-4-8-13;1-2/h2-4,7-8,12H,5-6,9-11H2,1H3;1H3. The zero-order valence-electron chi connectivity index (χ0n) is 10.3. The molecular weight excluding hydrogens is 218 g/mol. The Balaban J connectivity index is 0.000000606. The van der Waals surface area contributed by atoms with Crippen LogP contribution >= 0.6 is 11.6 Å². The third-order valence-electron chi connectivity index (χ3n) is 3.10. The Bertz CT molecular complexity index is 267. The highest BCUT2D eigenvalue weighted by molar-refractivity contribution is 6.15. The molecule has 1 nitrogen and oxygen atoms in total.